The first-order valence-electron chi connectivity index (χ1n) is 7.72. The maximum absolute atomic E-state index is 13.1. The van der Waals surface area contributed by atoms with E-state index in [4.69, 9.17) is 0 Å². The molecule has 23 heavy (non-hydrogen) atoms. The Labute approximate surface area is 142 Å². The van der Waals surface area contributed by atoms with Crippen molar-refractivity contribution in [3.8, 4) is 0 Å². The second-order valence-corrected chi connectivity index (χ2v) is 6.79. The van der Waals surface area contributed by atoms with Crippen molar-refractivity contribution in [1.82, 2.24) is 0 Å². The molecule has 1 atom stereocenters. The summed E-state index contributed by atoms with van der Waals surface area (Å²) in [6, 6.07) is 18.3. The third kappa shape index (κ3) is 2.47. The smallest absolute Gasteiger partial charge is 0.174 e. The molecule has 1 nitrogen and oxygen atoms in total. The third-order valence-corrected chi connectivity index (χ3v) is 5.36. The molecule has 0 heterocycles. The van der Waals surface area contributed by atoms with E-state index >= 15 is 0 Å². The Balaban J connectivity index is 2.34. The summed E-state index contributed by atoms with van der Waals surface area (Å²) in [5.41, 5.74) is 3.65. The van der Waals surface area contributed by atoms with Crippen LogP contribution in [0, 0.1) is 5.41 Å². The Bertz CT molecular complexity index is 788. The van der Waals surface area contributed by atoms with Gasteiger partial charge in [0.05, 0.1) is 5.41 Å². The molecule has 2 aromatic rings. The standard InChI is InChI=1S/C21H20OS/c1-4-14-21(2)18(16-12-8-9-13-17(16)20(21)22)19(23-3)15-10-6-5-7-11-15/h4-13H,1,14H2,2-3H3/b19-18+. The van der Waals surface area contributed by atoms with Gasteiger partial charge in [-0.3, -0.25) is 4.79 Å². The first-order chi connectivity index (χ1) is 11.1. The first-order valence-corrected chi connectivity index (χ1v) is 8.95. The van der Waals surface area contributed by atoms with Gasteiger partial charge in [-0.05, 0) is 36.3 Å². The van der Waals surface area contributed by atoms with Crippen LogP contribution in [0.15, 0.2) is 67.3 Å². The number of allylic oxidation sites excluding steroid dienone is 2. The maximum atomic E-state index is 13.1. The van der Waals surface area contributed by atoms with Crippen molar-refractivity contribution in [2.75, 3.05) is 6.26 Å². The number of fused-ring (bicyclic) bond motifs is 1. The fraction of sp³-hybridized carbons (Fsp3) is 0.190. The van der Waals surface area contributed by atoms with E-state index in [1.807, 2.05) is 49.4 Å². The number of thioether (sulfide) groups is 1. The highest BCUT2D eigenvalue weighted by Crippen LogP contribution is 2.53. The molecule has 0 bridgehead atoms. The van der Waals surface area contributed by atoms with E-state index in [-0.39, 0.29) is 5.78 Å². The van der Waals surface area contributed by atoms with Crippen LogP contribution in [0.1, 0.15) is 34.8 Å². The zero-order valence-corrected chi connectivity index (χ0v) is 14.3. The van der Waals surface area contributed by atoms with E-state index in [1.165, 1.54) is 4.91 Å². The van der Waals surface area contributed by atoms with Gasteiger partial charge in [-0.15, -0.1) is 18.3 Å². The van der Waals surface area contributed by atoms with E-state index in [0.717, 1.165) is 22.3 Å². The number of ketones is 1. The molecule has 0 amide bonds. The van der Waals surface area contributed by atoms with E-state index in [1.54, 1.807) is 11.8 Å². The predicted octanol–water partition coefficient (Wildman–Crippen LogP) is 5.70. The van der Waals surface area contributed by atoms with E-state index in [0.29, 0.717) is 6.42 Å². The number of benzene rings is 2. The summed E-state index contributed by atoms with van der Waals surface area (Å²) in [4.78, 5) is 14.3. The van der Waals surface area contributed by atoms with Crippen molar-refractivity contribution >= 4 is 28.0 Å². The van der Waals surface area contributed by atoms with Crippen LogP contribution in [-0.4, -0.2) is 12.0 Å². The lowest BCUT2D eigenvalue weighted by Crippen LogP contribution is -2.23. The van der Waals surface area contributed by atoms with Crippen LogP contribution in [0.2, 0.25) is 0 Å². The molecular formula is C21H20OS. The summed E-state index contributed by atoms with van der Waals surface area (Å²) in [7, 11) is 0. The Kier molecular flexibility index (Phi) is 4.27. The van der Waals surface area contributed by atoms with Gasteiger partial charge in [0.25, 0.3) is 0 Å². The highest BCUT2D eigenvalue weighted by atomic mass is 32.2. The lowest BCUT2D eigenvalue weighted by molar-refractivity contribution is 0.0893. The summed E-state index contributed by atoms with van der Waals surface area (Å²) in [5.74, 6) is 0.200. The summed E-state index contributed by atoms with van der Waals surface area (Å²) in [6.45, 7) is 5.92. The van der Waals surface area contributed by atoms with Gasteiger partial charge in [0.2, 0.25) is 0 Å². The van der Waals surface area contributed by atoms with Crippen molar-refractivity contribution in [3.05, 3.63) is 83.9 Å². The average molecular weight is 320 g/mol. The van der Waals surface area contributed by atoms with Gasteiger partial charge < -0.3 is 0 Å². The lowest BCUT2D eigenvalue weighted by Gasteiger charge is -2.26. The Hall–Kier alpha value is -2.06. The molecule has 0 saturated carbocycles. The first kappa shape index (κ1) is 15.8. The SMILES string of the molecule is C=CCC1(C)C(=O)c2ccccc2/C1=C(\SC)c1ccccc1. The van der Waals surface area contributed by atoms with Crippen molar-refractivity contribution < 1.29 is 4.79 Å². The summed E-state index contributed by atoms with van der Waals surface area (Å²) >= 11 is 1.71. The lowest BCUT2D eigenvalue weighted by atomic mass is 9.78. The van der Waals surface area contributed by atoms with Crippen molar-refractivity contribution in [1.29, 1.82) is 0 Å². The second-order valence-electron chi connectivity index (χ2n) is 5.97. The molecular weight excluding hydrogens is 300 g/mol. The monoisotopic (exact) mass is 320 g/mol. The van der Waals surface area contributed by atoms with Crippen LogP contribution in [0.3, 0.4) is 0 Å². The molecule has 0 fully saturated rings. The second kappa shape index (κ2) is 6.21. The van der Waals surface area contributed by atoms with Crippen LogP contribution in [0.5, 0.6) is 0 Å². The summed E-state index contributed by atoms with van der Waals surface area (Å²) < 4.78 is 0. The van der Waals surface area contributed by atoms with Crippen LogP contribution < -0.4 is 0 Å². The highest BCUT2D eigenvalue weighted by Gasteiger charge is 2.46. The predicted molar refractivity (Wildman–Crippen MR) is 100 cm³/mol. The Morgan fingerprint density at radius 3 is 2.30 bits per heavy atom. The van der Waals surface area contributed by atoms with E-state index < -0.39 is 5.41 Å². The molecule has 0 aromatic heterocycles. The molecule has 0 radical (unpaired) electrons. The molecule has 3 rings (SSSR count). The van der Waals surface area contributed by atoms with Crippen molar-refractivity contribution in [3.63, 3.8) is 0 Å². The zero-order chi connectivity index (χ0) is 16.4. The van der Waals surface area contributed by atoms with Gasteiger partial charge in [0.15, 0.2) is 5.78 Å². The summed E-state index contributed by atoms with van der Waals surface area (Å²) in [5, 5.41) is 0. The molecule has 2 aromatic carbocycles. The van der Waals surface area contributed by atoms with Crippen LogP contribution in [0.4, 0.5) is 0 Å². The van der Waals surface area contributed by atoms with Gasteiger partial charge in [0, 0.05) is 10.5 Å². The van der Waals surface area contributed by atoms with Gasteiger partial charge in [0.1, 0.15) is 0 Å². The van der Waals surface area contributed by atoms with Gasteiger partial charge >= 0.3 is 0 Å². The van der Waals surface area contributed by atoms with Crippen molar-refractivity contribution in [2.24, 2.45) is 5.41 Å². The topological polar surface area (TPSA) is 17.1 Å². The minimum atomic E-state index is -0.542. The average Bonchev–Trinajstić information content (AvgIpc) is 2.80. The Morgan fingerprint density at radius 2 is 1.70 bits per heavy atom. The van der Waals surface area contributed by atoms with E-state index in [2.05, 4.69) is 31.0 Å². The number of Topliss-reactive ketones (excluding diaryl/α,β-unsaturated/α-hetero) is 1. The minimum Gasteiger partial charge on any atom is -0.293 e. The molecule has 0 spiro atoms. The molecule has 1 aliphatic carbocycles. The summed E-state index contributed by atoms with van der Waals surface area (Å²) in [6.07, 6.45) is 4.58. The highest BCUT2D eigenvalue weighted by molar-refractivity contribution is 8.07. The Morgan fingerprint density at radius 1 is 1.09 bits per heavy atom. The largest absolute Gasteiger partial charge is 0.293 e. The van der Waals surface area contributed by atoms with Crippen LogP contribution in [-0.2, 0) is 0 Å². The molecule has 0 N–H and O–H groups in total. The number of carbonyl (C=O) groups is 1. The third-order valence-electron chi connectivity index (χ3n) is 4.51. The number of carbonyl (C=O) groups excluding carboxylic acids is 1. The fourth-order valence-corrected chi connectivity index (χ4v) is 4.33. The van der Waals surface area contributed by atoms with Gasteiger partial charge in [-0.2, -0.15) is 0 Å². The molecule has 1 aliphatic rings. The quantitative estimate of drug-likeness (QED) is 0.672. The van der Waals surface area contributed by atoms with Crippen molar-refractivity contribution in [2.45, 2.75) is 13.3 Å². The van der Waals surface area contributed by atoms with Gasteiger partial charge in [-0.25, -0.2) is 0 Å². The molecule has 0 saturated heterocycles. The molecule has 2 heteroatoms. The normalized spacial score (nSPS) is 21.9. The van der Waals surface area contributed by atoms with E-state index in [9.17, 15) is 4.79 Å². The minimum absolute atomic E-state index is 0.200. The molecule has 116 valence electrons. The molecule has 0 aliphatic heterocycles. The van der Waals surface area contributed by atoms with Crippen LogP contribution >= 0.6 is 11.8 Å². The van der Waals surface area contributed by atoms with Gasteiger partial charge in [-0.1, -0.05) is 60.7 Å². The molecule has 1 unspecified atom stereocenters. The number of rotatable bonds is 4. The number of hydrogen-bond donors (Lipinski definition) is 0. The maximum Gasteiger partial charge on any atom is 0.174 e. The number of hydrogen-bond acceptors (Lipinski definition) is 2. The van der Waals surface area contributed by atoms with Crippen LogP contribution in [0.25, 0.3) is 10.5 Å². The fourth-order valence-electron chi connectivity index (χ4n) is 3.42. The zero-order valence-electron chi connectivity index (χ0n) is 13.5.